The second-order valence-electron chi connectivity index (χ2n) is 4.40. The number of hydrogen-bond acceptors (Lipinski definition) is 5. The van der Waals surface area contributed by atoms with E-state index in [1.165, 1.54) is 6.07 Å². The summed E-state index contributed by atoms with van der Waals surface area (Å²) >= 11 is 0. The Morgan fingerprint density at radius 2 is 2.05 bits per heavy atom. The van der Waals surface area contributed by atoms with Gasteiger partial charge in [0, 0.05) is 30.3 Å². The van der Waals surface area contributed by atoms with Gasteiger partial charge in [0.2, 0.25) is 5.91 Å². The number of anilines is 1. The number of ether oxygens (including phenoxy) is 1. The Hall–Kier alpha value is -2.64. The molecule has 0 fully saturated rings. The van der Waals surface area contributed by atoms with Crippen LogP contribution in [0, 0.1) is 10.1 Å². The summed E-state index contributed by atoms with van der Waals surface area (Å²) in [7, 11) is 0. The van der Waals surface area contributed by atoms with Gasteiger partial charge >= 0.3 is 6.09 Å². The van der Waals surface area contributed by atoms with Crippen LogP contribution in [0.1, 0.15) is 25.8 Å². The van der Waals surface area contributed by atoms with Crippen molar-refractivity contribution in [2.24, 2.45) is 0 Å². The number of rotatable bonds is 7. The first-order valence-corrected chi connectivity index (χ1v) is 6.95. The van der Waals surface area contributed by atoms with E-state index in [4.69, 9.17) is 0 Å². The van der Waals surface area contributed by atoms with E-state index < -0.39 is 11.0 Å². The molecule has 120 valence electrons. The zero-order valence-electron chi connectivity index (χ0n) is 12.5. The molecule has 0 heterocycles. The largest absolute Gasteiger partial charge is 0.450 e. The molecule has 2 N–H and O–H groups in total. The maximum absolute atomic E-state index is 11.7. The third-order valence-electron chi connectivity index (χ3n) is 2.84. The minimum Gasteiger partial charge on any atom is -0.450 e. The van der Waals surface area contributed by atoms with Crippen molar-refractivity contribution in [3.63, 3.8) is 0 Å². The smallest absolute Gasteiger partial charge is 0.407 e. The Morgan fingerprint density at radius 1 is 1.32 bits per heavy atom. The Bertz CT molecular complexity index is 559. The Kier molecular flexibility index (Phi) is 6.81. The lowest BCUT2D eigenvalue weighted by molar-refractivity contribution is -0.385. The summed E-state index contributed by atoms with van der Waals surface area (Å²) in [6.07, 6.45) is -0.00546. The molecule has 0 radical (unpaired) electrons. The number of hydrogen-bond donors (Lipinski definition) is 2. The van der Waals surface area contributed by atoms with Gasteiger partial charge in [-0.25, -0.2) is 4.79 Å². The van der Waals surface area contributed by atoms with Gasteiger partial charge in [-0.3, -0.25) is 14.9 Å². The minimum atomic E-state index is -0.585. The fourth-order valence-corrected chi connectivity index (χ4v) is 1.79. The summed E-state index contributed by atoms with van der Waals surface area (Å²) in [5.74, 6) is -0.352. The molecule has 0 saturated carbocycles. The van der Waals surface area contributed by atoms with Crippen molar-refractivity contribution in [1.82, 2.24) is 5.32 Å². The molecule has 8 heteroatoms. The summed E-state index contributed by atoms with van der Waals surface area (Å²) < 4.78 is 4.65. The summed E-state index contributed by atoms with van der Waals surface area (Å²) in [5, 5.41) is 15.9. The average Bonchev–Trinajstić information content (AvgIpc) is 2.47. The number of alkyl carbamates (subject to hydrolysis) is 1. The maximum Gasteiger partial charge on any atom is 0.407 e. The lowest BCUT2D eigenvalue weighted by Crippen LogP contribution is -2.28. The van der Waals surface area contributed by atoms with E-state index in [1.807, 2.05) is 6.92 Å². The fourth-order valence-electron chi connectivity index (χ4n) is 1.79. The number of nitrogens with zero attached hydrogens (tertiary/aromatic N) is 1. The third kappa shape index (κ3) is 5.39. The van der Waals surface area contributed by atoms with Crippen LogP contribution in [-0.4, -0.2) is 30.1 Å². The van der Waals surface area contributed by atoms with Gasteiger partial charge in [0.25, 0.3) is 5.69 Å². The van der Waals surface area contributed by atoms with Crippen LogP contribution in [0.15, 0.2) is 18.2 Å². The number of amides is 2. The summed E-state index contributed by atoms with van der Waals surface area (Å²) in [6, 6.07) is 4.56. The molecule has 1 aromatic rings. The first-order valence-electron chi connectivity index (χ1n) is 6.95. The molecule has 1 aromatic carbocycles. The summed E-state index contributed by atoms with van der Waals surface area (Å²) in [4.78, 5) is 33.2. The third-order valence-corrected chi connectivity index (χ3v) is 2.84. The number of nitro benzene ring substituents is 1. The standard InChI is InChI=1S/C14H19N3O5/c1-3-10-5-6-11(9-12(10)17(20)21)16-13(18)7-8-15-14(19)22-4-2/h5-6,9H,3-4,7-8H2,1-2H3,(H,15,19)(H,16,18). The monoisotopic (exact) mass is 309 g/mol. The van der Waals surface area contributed by atoms with E-state index in [2.05, 4.69) is 15.4 Å². The molecule has 0 aromatic heterocycles. The Labute approximate surface area is 128 Å². The van der Waals surface area contributed by atoms with E-state index in [1.54, 1.807) is 19.1 Å². The molecule has 0 spiro atoms. The van der Waals surface area contributed by atoms with Crippen molar-refractivity contribution in [3.05, 3.63) is 33.9 Å². The quantitative estimate of drug-likeness (QED) is 0.592. The van der Waals surface area contributed by atoms with Crippen molar-refractivity contribution in [3.8, 4) is 0 Å². The lowest BCUT2D eigenvalue weighted by Gasteiger charge is -2.08. The van der Waals surface area contributed by atoms with Crippen LogP contribution in [0.5, 0.6) is 0 Å². The topological polar surface area (TPSA) is 111 Å². The van der Waals surface area contributed by atoms with Gasteiger partial charge in [-0.2, -0.15) is 0 Å². The highest BCUT2D eigenvalue weighted by Gasteiger charge is 2.14. The molecule has 2 amide bonds. The highest BCUT2D eigenvalue weighted by Crippen LogP contribution is 2.23. The van der Waals surface area contributed by atoms with Gasteiger partial charge < -0.3 is 15.4 Å². The molecule has 0 aliphatic heterocycles. The molecule has 0 aliphatic carbocycles. The molecule has 0 bridgehead atoms. The van der Waals surface area contributed by atoms with Crippen molar-refractivity contribution in [2.45, 2.75) is 26.7 Å². The molecule has 0 saturated heterocycles. The summed E-state index contributed by atoms with van der Waals surface area (Å²) in [6.45, 7) is 3.88. The summed E-state index contributed by atoms with van der Waals surface area (Å²) in [5.41, 5.74) is 0.932. The van der Waals surface area contributed by atoms with Gasteiger partial charge in [0.1, 0.15) is 0 Å². The Morgan fingerprint density at radius 3 is 2.64 bits per heavy atom. The number of nitro groups is 1. The first-order chi connectivity index (χ1) is 10.5. The zero-order chi connectivity index (χ0) is 16.5. The molecule has 8 nitrogen and oxygen atoms in total. The van der Waals surface area contributed by atoms with Gasteiger partial charge in [-0.05, 0) is 19.4 Å². The van der Waals surface area contributed by atoms with E-state index in [9.17, 15) is 19.7 Å². The number of aryl methyl sites for hydroxylation is 1. The van der Waals surface area contributed by atoms with Crippen LogP contribution < -0.4 is 10.6 Å². The zero-order valence-corrected chi connectivity index (χ0v) is 12.5. The molecule has 22 heavy (non-hydrogen) atoms. The normalized spacial score (nSPS) is 9.91. The van der Waals surface area contributed by atoms with E-state index in [0.29, 0.717) is 17.7 Å². The van der Waals surface area contributed by atoms with Gasteiger partial charge in [0.15, 0.2) is 0 Å². The van der Waals surface area contributed by atoms with Crippen molar-refractivity contribution >= 4 is 23.4 Å². The van der Waals surface area contributed by atoms with Crippen LogP contribution >= 0.6 is 0 Å². The van der Waals surface area contributed by atoms with Crippen molar-refractivity contribution in [1.29, 1.82) is 0 Å². The predicted molar refractivity (Wildman–Crippen MR) is 80.7 cm³/mol. The predicted octanol–water partition coefficient (Wildman–Crippen LogP) is 2.23. The number of benzene rings is 1. The average molecular weight is 309 g/mol. The van der Waals surface area contributed by atoms with Gasteiger partial charge in [-0.15, -0.1) is 0 Å². The molecular formula is C14H19N3O5. The van der Waals surface area contributed by atoms with Crippen LogP contribution in [0.4, 0.5) is 16.2 Å². The van der Waals surface area contributed by atoms with E-state index in [-0.39, 0.29) is 31.2 Å². The van der Waals surface area contributed by atoms with Crippen LogP contribution in [0.3, 0.4) is 0 Å². The van der Waals surface area contributed by atoms with Gasteiger partial charge in [-0.1, -0.05) is 13.0 Å². The first kappa shape index (κ1) is 17.4. The van der Waals surface area contributed by atoms with Crippen molar-refractivity contribution in [2.75, 3.05) is 18.5 Å². The van der Waals surface area contributed by atoms with E-state index >= 15 is 0 Å². The number of carbonyl (C=O) groups is 2. The maximum atomic E-state index is 11.7. The lowest BCUT2D eigenvalue weighted by atomic mass is 10.1. The SMILES string of the molecule is CCOC(=O)NCCC(=O)Nc1ccc(CC)c([N+](=O)[O-])c1. The van der Waals surface area contributed by atoms with Crippen LogP contribution in [0.25, 0.3) is 0 Å². The van der Waals surface area contributed by atoms with Gasteiger partial charge in [0.05, 0.1) is 11.5 Å². The number of nitrogens with one attached hydrogen (secondary N) is 2. The minimum absolute atomic E-state index is 0.0232. The second-order valence-corrected chi connectivity index (χ2v) is 4.40. The second kappa shape index (κ2) is 8.60. The van der Waals surface area contributed by atoms with E-state index in [0.717, 1.165) is 0 Å². The highest BCUT2D eigenvalue weighted by molar-refractivity contribution is 5.91. The van der Waals surface area contributed by atoms with Crippen molar-refractivity contribution < 1.29 is 19.2 Å². The van der Waals surface area contributed by atoms with Crippen LogP contribution in [0.2, 0.25) is 0 Å². The molecule has 0 aliphatic rings. The Balaban J connectivity index is 2.56. The van der Waals surface area contributed by atoms with Crippen LogP contribution in [-0.2, 0) is 16.0 Å². The fraction of sp³-hybridized carbons (Fsp3) is 0.429. The molecule has 1 rings (SSSR count). The molecular weight excluding hydrogens is 290 g/mol. The number of carbonyl (C=O) groups excluding carboxylic acids is 2. The highest BCUT2D eigenvalue weighted by atomic mass is 16.6. The molecule has 0 atom stereocenters. The molecule has 0 unspecified atom stereocenters.